The first-order chi connectivity index (χ1) is 17.2. The van der Waals surface area contributed by atoms with Gasteiger partial charge in [0.25, 0.3) is 0 Å². The van der Waals surface area contributed by atoms with Crippen molar-refractivity contribution >= 4 is 21.9 Å². The molecule has 1 saturated heterocycles. The van der Waals surface area contributed by atoms with Crippen molar-refractivity contribution in [3.05, 3.63) is 59.7 Å². The average Bonchev–Trinajstić information content (AvgIpc) is 2.86. The second-order valence-electron chi connectivity index (χ2n) is 9.39. The zero-order chi connectivity index (χ0) is 27.4. The van der Waals surface area contributed by atoms with Crippen LogP contribution in [0.5, 0.6) is 5.75 Å². The number of carbonyl (C=O) groups is 2. The number of aromatic carboxylic acids is 1. The highest BCUT2D eigenvalue weighted by atomic mass is 32.2. The number of ether oxygens (including phenoxy) is 1. The number of amides is 1. The predicted octanol–water partition coefficient (Wildman–Crippen LogP) is 4.12. The van der Waals surface area contributed by atoms with Crippen molar-refractivity contribution in [2.75, 3.05) is 32.8 Å². The molecule has 0 atom stereocenters. The van der Waals surface area contributed by atoms with E-state index in [0.717, 1.165) is 12.1 Å². The Bertz CT molecular complexity index is 1220. The number of benzene rings is 2. The second kappa shape index (κ2) is 11.1. The third-order valence-electron chi connectivity index (χ3n) is 6.22. The van der Waals surface area contributed by atoms with E-state index >= 15 is 0 Å². The summed E-state index contributed by atoms with van der Waals surface area (Å²) in [5.41, 5.74) is -1.58. The first-order valence-electron chi connectivity index (χ1n) is 11.6. The average molecular weight is 543 g/mol. The smallest absolute Gasteiger partial charge is 0.416 e. The van der Waals surface area contributed by atoms with Crippen LogP contribution in [0.25, 0.3) is 0 Å². The summed E-state index contributed by atoms with van der Waals surface area (Å²) in [6.45, 7) is 4.29. The van der Waals surface area contributed by atoms with Crippen LogP contribution in [-0.4, -0.2) is 67.4 Å². The molecule has 1 heterocycles. The van der Waals surface area contributed by atoms with Crippen LogP contribution in [-0.2, 0) is 21.0 Å². The lowest BCUT2D eigenvalue weighted by molar-refractivity contribution is -0.142. The third kappa shape index (κ3) is 7.01. The normalized spacial score (nSPS) is 15.4. The fourth-order valence-corrected chi connectivity index (χ4v) is 5.47. The van der Waals surface area contributed by atoms with Crippen molar-refractivity contribution in [3.63, 3.8) is 0 Å². The molecule has 1 aliphatic rings. The van der Waals surface area contributed by atoms with Crippen molar-refractivity contribution in [1.82, 2.24) is 9.21 Å². The standard InChI is InChI=1S/C25H29F3N2O6S/c1-24(2,11-4-16-36-20-6-3-5-19(17-20)25(26,27)28)23(33)29-12-14-30(15-13-29)37(34,35)21-9-7-18(8-10-21)22(31)32/h3,5-10,17H,4,11-16H2,1-2H3,(H,31,32). The molecule has 0 saturated carbocycles. The number of hydrogen-bond acceptors (Lipinski definition) is 5. The van der Waals surface area contributed by atoms with Gasteiger partial charge in [-0.2, -0.15) is 17.5 Å². The maximum atomic E-state index is 13.1. The van der Waals surface area contributed by atoms with Crippen LogP contribution in [0.1, 0.15) is 42.6 Å². The molecule has 3 rings (SSSR count). The van der Waals surface area contributed by atoms with Crippen molar-refractivity contribution in [2.45, 2.75) is 37.8 Å². The number of alkyl halides is 3. The number of piperazine rings is 1. The molecule has 0 unspecified atom stereocenters. The predicted molar refractivity (Wildman–Crippen MR) is 129 cm³/mol. The Morgan fingerprint density at radius 2 is 1.62 bits per heavy atom. The van der Waals surface area contributed by atoms with E-state index < -0.39 is 33.1 Å². The zero-order valence-electron chi connectivity index (χ0n) is 20.5. The van der Waals surface area contributed by atoms with Crippen LogP contribution in [0.2, 0.25) is 0 Å². The van der Waals surface area contributed by atoms with Crippen LogP contribution < -0.4 is 4.74 Å². The van der Waals surface area contributed by atoms with Gasteiger partial charge in [-0.05, 0) is 55.3 Å². The molecule has 37 heavy (non-hydrogen) atoms. The molecular weight excluding hydrogens is 513 g/mol. The molecule has 1 amide bonds. The monoisotopic (exact) mass is 542 g/mol. The van der Waals surface area contributed by atoms with Crippen molar-refractivity contribution in [3.8, 4) is 5.75 Å². The molecular formula is C25H29F3N2O6S. The summed E-state index contributed by atoms with van der Waals surface area (Å²) in [6.07, 6.45) is -3.59. The fraction of sp³-hybridized carbons (Fsp3) is 0.440. The number of sulfonamides is 1. The molecule has 1 N–H and O–H groups in total. The molecule has 0 spiro atoms. The molecule has 2 aromatic carbocycles. The summed E-state index contributed by atoms with van der Waals surface area (Å²) in [7, 11) is -3.83. The van der Waals surface area contributed by atoms with Gasteiger partial charge in [-0.1, -0.05) is 19.9 Å². The van der Waals surface area contributed by atoms with Gasteiger partial charge in [-0.15, -0.1) is 0 Å². The first kappa shape index (κ1) is 28.5. The van der Waals surface area contributed by atoms with Crippen molar-refractivity contribution in [1.29, 1.82) is 0 Å². The molecule has 1 fully saturated rings. The van der Waals surface area contributed by atoms with Gasteiger partial charge in [-0.25, -0.2) is 13.2 Å². The lowest BCUT2D eigenvalue weighted by atomic mass is 9.86. The Morgan fingerprint density at radius 3 is 2.19 bits per heavy atom. The number of nitrogens with zero attached hydrogens (tertiary/aromatic N) is 2. The van der Waals surface area contributed by atoms with E-state index in [0.29, 0.717) is 12.8 Å². The van der Waals surface area contributed by atoms with E-state index in [4.69, 9.17) is 9.84 Å². The number of rotatable bonds is 9. The van der Waals surface area contributed by atoms with Crippen molar-refractivity contribution < 1.29 is 41.0 Å². The maximum absolute atomic E-state index is 13.1. The van der Waals surface area contributed by atoms with Gasteiger partial charge in [0.15, 0.2) is 0 Å². The third-order valence-corrected chi connectivity index (χ3v) is 8.13. The zero-order valence-corrected chi connectivity index (χ0v) is 21.3. The highest BCUT2D eigenvalue weighted by Crippen LogP contribution is 2.32. The van der Waals surface area contributed by atoms with Gasteiger partial charge >= 0.3 is 12.1 Å². The van der Waals surface area contributed by atoms with Crippen LogP contribution in [0.3, 0.4) is 0 Å². The Labute approximate surface area is 213 Å². The molecule has 0 aliphatic carbocycles. The topological polar surface area (TPSA) is 104 Å². The van der Waals surface area contributed by atoms with Gasteiger partial charge in [-0.3, -0.25) is 4.79 Å². The molecule has 0 bridgehead atoms. The SMILES string of the molecule is CC(C)(CCCOc1cccc(C(F)(F)F)c1)C(=O)N1CCN(S(=O)(=O)c2ccc(C(=O)O)cc2)CC1. The van der Waals surface area contributed by atoms with Crippen molar-refractivity contribution in [2.24, 2.45) is 5.41 Å². The molecule has 12 heteroatoms. The summed E-state index contributed by atoms with van der Waals surface area (Å²) < 4.78 is 71.1. The summed E-state index contributed by atoms with van der Waals surface area (Å²) >= 11 is 0. The van der Waals surface area contributed by atoms with Crippen LogP contribution in [0.15, 0.2) is 53.4 Å². The number of carboxylic acid groups (broad SMARTS) is 1. The second-order valence-corrected chi connectivity index (χ2v) is 11.3. The highest BCUT2D eigenvalue weighted by Gasteiger charge is 2.36. The van der Waals surface area contributed by atoms with Gasteiger partial charge in [0, 0.05) is 31.6 Å². The number of hydrogen-bond donors (Lipinski definition) is 1. The van der Waals surface area contributed by atoms with Gasteiger partial charge in [0.1, 0.15) is 5.75 Å². The fourth-order valence-electron chi connectivity index (χ4n) is 4.05. The molecule has 1 aliphatic heterocycles. The van der Waals surface area contributed by atoms with Crippen LogP contribution in [0.4, 0.5) is 13.2 Å². The minimum Gasteiger partial charge on any atom is -0.494 e. The quantitative estimate of drug-likeness (QED) is 0.478. The molecule has 0 aromatic heterocycles. The van der Waals surface area contributed by atoms with E-state index in [1.54, 1.807) is 18.7 Å². The Hall–Kier alpha value is -3.12. The lowest BCUT2D eigenvalue weighted by Crippen LogP contribution is -2.53. The van der Waals surface area contributed by atoms with E-state index in [9.17, 15) is 31.2 Å². The van der Waals surface area contributed by atoms with E-state index in [1.165, 1.54) is 40.7 Å². The number of halogens is 3. The molecule has 0 radical (unpaired) electrons. The minimum absolute atomic E-state index is 0.0154. The number of carbonyl (C=O) groups excluding carboxylic acids is 1. The summed E-state index contributed by atoms with van der Waals surface area (Å²) in [4.78, 5) is 25.7. The highest BCUT2D eigenvalue weighted by molar-refractivity contribution is 7.89. The lowest BCUT2D eigenvalue weighted by Gasteiger charge is -2.38. The Kier molecular flexibility index (Phi) is 8.53. The summed E-state index contributed by atoms with van der Waals surface area (Å²) in [5.74, 6) is -1.19. The summed E-state index contributed by atoms with van der Waals surface area (Å²) in [5, 5.41) is 8.99. The van der Waals surface area contributed by atoms with Crippen LogP contribution in [0, 0.1) is 5.41 Å². The molecule has 8 nitrogen and oxygen atoms in total. The Balaban J connectivity index is 1.50. The molecule has 2 aromatic rings. The van der Waals surface area contributed by atoms with E-state index in [1.807, 2.05) is 0 Å². The van der Waals surface area contributed by atoms with Crippen LogP contribution >= 0.6 is 0 Å². The number of carboxylic acids is 1. The van der Waals surface area contributed by atoms with Gasteiger partial charge in [0.05, 0.1) is 22.6 Å². The largest absolute Gasteiger partial charge is 0.494 e. The Morgan fingerprint density at radius 1 is 1.00 bits per heavy atom. The first-order valence-corrected chi connectivity index (χ1v) is 13.1. The van der Waals surface area contributed by atoms with Gasteiger partial charge < -0.3 is 14.7 Å². The minimum atomic E-state index is -4.46. The maximum Gasteiger partial charge on any atom is 0.416 e. The van der Waals surface area contributed by atoms with E-state index in [2.05, 4.69) is 0 Å². The van der Waals surface area contributed by atoms with Gasteiger partial charge in [0.2, 0.25) is 15.9 Å². The summed E-state index contributed by atoms with van der Waals surface area (Å²) in [6, 6.07) is 9.58. The van der Waals surface area contributed by atoms with E-state index in [-0.39, 0.29) is 54.9 Å². The molecule has 202 valence electrons.